The van der Waals surface area contributed by atoms with Crippen LogP contribution in [-0.4, -0.2) is 29.7 Å². The largest absolute Gasteiger partial charge is 0.390 e. The smallest absolute Gasteiger partial charge is 0.359 e. The van der Waals surface area contributed by atoms with Crippen molar-refractivity contribution in [3.63, 3.8) is 0 Å². The van der Waals surface area contributed by atoms with Crippen LogP contribution in [0.4, 0.5) is 19.0 Å². The average molecular weight is 282 g/mol. The maximum Gasteiger partial charge on any atom is 0.390 e. The van der Waals surface area contributed by atoms with Gasteiger partial charge < -0.3 is 4.90 Å². The molecule has 102 valence electrons. The van der Waals surface area contributed by atoms with Gasteiger partial charge in [-0.2, -0.15) is 13.2 Å². The number of aromatic nitrogens is 2. The van der Waals surface area contributed by atoms with Crippen LogP contribution >= 0.6 is 11.6 Å². The molecular weight excluding hydrogens is 267 g/mol. The van der Waals surface area contributed by atoms with Gasteiger partial charge in [-0.3, -0.25) is 0 Å². The molecule has 0 aliphatic rings. The van der Waals surface area contributed by atoms with Crippen LogP contribution in [0.15, 0.2) is 0 Å². The van der Waals surface area contributed by atoms with E-state index in [2.05, 4.69) is 9.97 Å². The van der Waals surface area contributed by atoms with E-state index in [1.165, 1.54) is 4.90 Å². The summed E-state index contributed by atoms with van der Waals surface area (Å²) < 4.78 is 36.5. The second-order valence-corrected chi connectivity index (χ2v) is 4.38. The Morgan fingerprint density at radius 2 is 1.89 bits per heavy atom. The minimum absolute atomic E-state index is 0.152. The van der Waals surface area contributed by atoms with Gasteiger partial charge in [-0.05, 0) is 6.92 Å². The number of rotatable bonds is 4. The third kappa shape index (κ3) is 4.01. The van der Waals surface area contributed by atoms with Crippen molar-refractivity contribution in [3.8, 4) is 0 Å². The van der Waals surface area contributed by atoms with Gasteiger partial charge in [0.15, 0.2) is 0 Å². The molecule has 0 atom stereocenters. The van der Waals surface area contributed by atoms with E-state index < -0.39 is 12.6 Å². The van der Waals surface area contributed by atoms with E-state index in [1.807, 2.05) is 6.92 Å². The Bertz CT molecular complexity index is 421. The third-order valence-electron chi connectivity index (χ3n) is 2.52. The topological polar surface area (TPSA) is 29.0 Å². The van der Waals surface area contributed by atoms with Crippen LogP contribution in [-0.2, 0) is 6.42 Å². The highest BCUT2D eigenvalue weighted by molar-refractivity contribution is 6.30. The highest BCUT2D eigenvalue weighted by Gasteiger charge is 2.27. The Morgan fingerprint density at radius 3 is 2.39 bits per heavy atom. The molecule has 0 aliphatic heterocycles. The minimum Gasteiger partial charge on any atom is -0.359 e. The first kappa shape index (κ1) is 15.0. The van der Waals surface area contributed by atoms with E-state index >= 15 is 0 Å². The molecule has 0 saturated heterocycles. The SMILES string of the molecule is CCc1nc(Cl)c(C)c(N(C)CCC(F)(F)F)n1. The monoisotopic (exact) mass is 281 g/mol. The Morgan fingerprint density at radius 1 is 1.28 bits per heavy atom. The fourth-order valence-corrected chi connectivity index (χ4v) is 1.63. The minimum atomic E-state index is -4.17. The lowest BCUT2D eigenvalue weighted by Gasteiger charge is -2.21. The maximum atomic E-state index is 12.2. The van der Waals surface area contributed by atoms with Gasteiger partial charge >= 0.3 is 6.18 Å². The standard InChI is InChI=1S/C11H15ClF3N3/c1-4-8-16-9(12)7(2)10(17-8)18(3)6-5-11(13,14)15/h4-6H2,1-3H3. The molecule has 0 bridgehead atoms. The number of hydrogen-bond acceptors (Lipinski definition) is 3. The van der Waals surface area contributed by atoms with E-state index in [-0.39, 0.29) is 11.7 Å². The molecule has 1 aromatic rings. The van der Waals surface area contributed by atoms with Crippen LogP contribution in [0.1, 0.15) is 24.7 Å². The number of aryl methyl sites for hydroxylation is 1. The summed E-state index contributed by atoms with van der Waals surface area (Å²) in [6, 6.07) is 0. The Balaban J connectivity index is 2.91. The van der Waals surface area contributed by atoms with Crippen LogP contribution in [0, 0.1) is 6.92 Å². The molecule has 0 aromatic carbocycles. The predicted octanol–water partition coefficient (Wildman–Crippen LogP) is 3.39. The first-order chi connectivity index (χ1) is 8.24. The number of nitrogens with zero attached hydrogens (tertiary/aromatic N) is 3. The van der Waals surface area contributed by atoms with Crippen molar-refractivity contribution in [2.75, 3.05) is 18.5 Å². The van der Waals surface area contributed by atoms with Gasteiger partial charge in [0.2, 0.25) is 0 Å². The van der Waals surface area contributed by atoms with Crippen LogP contribution < -0.4 is 4.90 Å². The maximum absolute atomic E-state index is 12.2. The van der Waals surface area contributed by atoms with Gasteiger partial charge in [-0.25, -0.2) is 9.97 Å². The summed E-state index contributed by atoms with van der Waals surface area (Å²) in [6.07, 6.45) is -4.47. The van der Waals surface area contributed by atoms with Crippen molar-refractivity contribution >= 4 is 17.4 Å². The molecular formula is C11H15ClF3N3. The molecule has 0 amide bonds. The predicted molar refractivity (Wildman–Crippen MR) is 65.1 cm³/mol. The number of anilines is 1. The highest BCUT2D eigenvalue weighted by Crippen LogP contribution is 2.25. The summed E-state index contributed by atoms with van der Waals surface area (Å²) in [5.74, 6) is 0.982. The van der Waals surface area contributed by atoms with Gasteiger partial charge in [0.05, 0.1) is 6.42 Å². The van der Waals surface area contributed by atoms with Gasteiger partial charge in [0.25, 0.3) is 0 Å². The first-order valence-electron chi connectivity index (χ1n) is 5.55. The first-order valence-corrected chi connectivity index (χ1v) is 5.93. The zero-order valence-corrected chi connectivity index (χ0v) is 11.2. The zero-order chi connectivity index (χ0) is 13.9. The lowest BCUT2D eigenvalue weighted by Crippen LogP contribution is -2.26. The Labute approximate surface area is 109 Å². The number of hydrogen-bond donors (Lipinski definition) is 0. The number of alkyl halides is 3. The molecule has 1 aromatic heterocycles. The second kappa shape index (κ2) is 5.73. The van der Waals surface area contributed by atoms with Gasteiger partial charge in [-0.1, -0.05) is 18.5 Å². The van der Waals surface area contributed by atoms with Crippen molar-refractivity contribution in [3.05, 3.63) is 16.5 Å². The molecule has 0 N–H and O–H groups in total. The second-order valence-electron chi connectivity index (χ2n) is 4.02. The quantitative estimate of drug-likeness (QED) is 0.792. The highest BCUT2D eigenvalue weighted by atomic mass is 35.5. The molecule has 0 unspecified atom stereocenters. The van der Waals surface area contributed by atoms with Crippen molar-refractivity contribution in [1.82, 2.24) is 9.97 Å². The average Bonchev–Trinajstić information content (AvgIpc) is 2.28. The third-order valence-corrected chi connectivity index (χ3v) is 2.88. The van der Waals surface area contributed by atoms with E-state index in [1.54, 1.807) is 14.0 Å². The van der Waals surface area contributed by atoms with Crippen molar-refractivity contribution in [2.24, 2.45) is 0 Å². The molecule has 0 spiro atoms. The molecule has 0 radical (unpaired) electrons. The Hall–Kier alpha value is -1.04. The van der Waals surface area contributed by atoms with E-state index in [0.717, 1.165) is 0 Å². The molecule has 0 saturated carbocycles. The lowest BCUT2D eigenvalue weighted by molar-refractivity contribution is -0.132. The molecule has 0 fully saturated rings. The fraction of sp³-hybridized carbons (Fsp3) is 0.636. The molecule has 0 aliphatic carbocycles. The number of halogens is 4. The Kier molecular flexibility index (Phi) is 4.78. The summed E-state index contributed by atoms with van der Waals surface area (Å²) in [7, 11) is 1.57. The van der Waals surface area contributed by atoms with Gasteiger partial charge in [0, 0.05) is 25.6 Å². The molecule has 7 heteroatoms. The summed E-state index contributed by atoms with van der Waals surface area (Å²) >= 11 is 5.93. The molecule has 1 rings (SSSR count). The van der Waals surface area contributed by atoms with Crippen molar-refractivity contribution < 1.29 is 13.2 Å². The van der Waals surface area contributed by atoms with Crippen LogP contribution in [0.3, 0.4) is 0 Å². The molecule has 18 heavy (non-hydrogen) atoms. The lowest BCUT2D eigenvalue weighted by atomic mass is 10.3. The summed E-state index contributed by atoms with van der Waals surface area (Å²) in [4.78, 5) is 9.72. The van der Waals surface area contributed by atoms with Crippen LogP contribution in [0.5, 0.6) is 0 Å². The van der Waals surface area contributed by atoms with E-state index in [0.29, 0.717) is 23.6 Å². The molecule has 3 nitrogen and oxygen atoms in total. The molecule has 1 heterocycles. The fourth-order valence-electron chi connectivity index (χ4n) is 1.45. The van der Waals surface area contributed by atoms with Gasteiger partial charge in [0.1, 0.15) is 16.8 Å². The summed E-state index contributed by atoms with van der Waals surface area (Å²) in [5, 5.41) is 0.288. The van der Waals surface area contributed by atoms with E-state index in [9.17, 15) is 13.2 Å². The summed E-state index contributed by atoms with van der Waals surface area (Å²) in [6.45, 7) is 3.41. The van der Waals surface area contributed by atoms with Crippen molar-refractivity contribution in [2.45, 2.75) is 32.9 Å². The summed E-state index contributed by atoms with van der Waals surface area (Å²) in [5.41, 5.74) is 0.596. The normalized spacial score (nSPS) is 11.7. The van der Waals surface area contributed by atoms with Crippen LogP contribution in [0.2, 0.25) is 5.15 Å². The zero-order valence-electron chi connectivity index (χ0n) is 10.5. The van der Waals surface area contributed by atoms with E-state index in [4.69, 9.17) is 11.6 Å². The van der Waals surface area contributed by atoms with Crippen LogP contribution in [0.25, 0.3) is 0 Å². The van der Waals surface area contributed by atoms with Gasteiger partial charge in [-0.15, -0.1) is 0 Å². The van der Waals surface area contributed by atoms with Crippen molar-refractivity contribution in [1.29, 1.82) is 0 Å².